The van der Waals surface area contributed by atoms with Gasteiger partial charge < -0.3 is 29.6 Å². The zero-order chi connectivity index (χ0) is 28.9. The highest BCUT2D eigenvalue weighted by molar-refractivity contribution is 5.69. The summed E-state index contributed by atoms with van der Waals surface area (Å²) in [5.41, 5.74) is 3.14. The fourth-order valence-corrected chi connectivity index (χ4v) is 5.04. The summed E-state index contributed by atoms with van der Waals surface area (Å²) < 4.78 is 23.1. The number of ether oxygens (including phenoxy) is 4. The van der Waals surface area contributed by atoms with Gasteiger partial charge in [0.2, 0.25) is 0 Å². The molecule has 2 aliphatic rings. The van der Waals surface area contributed by atoms with Gasteiger partial charge in [0.25, 0.3) is 0 Å². The minimum atomic E-state index is -0.591. The van der Waals surface area contributed by atoms with Crippen molar-refractivity contribution >= 4 is 12.2 Å². The Kier molecular flexibility index (Phi) is 9.07. The molecule has 0 radical (unpaired) electrons. The molecule has 0 saturated carbocycles. The SMILES string of the molecule is CC(C)(C)OC(=O)N[C@H]1c2ccccc2C[C@H]1OCC#CCO[C@@H]1Cc2ccccc2[C@@H]1NC(=O)OC(C)(C)C. The quantitative estimate of drug-likeness (QED) is 0.469. The third-order valence-corrected chi connectivity index (χ3v) is 6.57. The van der Waals surface area contributed by atoms with Crippen molar-refractivity contribution in [1.29, 1.82) is 0 Å². The number of rotatable bonds is 6. The molecule has 2 aromatic carbocycles. The monoisotopic (exact) mass is 548 g/mol. The van der Waals surface area contributed by atoms with Gasteiger partial charge in [0.15, 0.2) is 0 Å². The third kappa shape index (κ3) is 8.00. The second-order valence-corrected chi connectivity index (χ2v) is 12.1. The lowest BCUT2D eigenvalue weighted by Crippen LogP contribution is -2.39. The van der Waals surface area contributed by atoms with Gasteiger partial charge in [-0.3, -0.25) is 0 Å². The molecule has 2 aliphatic carbocycles. The highest BCUT2D eigenvalue weighted by Crippen LogP contribution is 2.34. The van der Waals surface area contributed by atoms with Crippen molar-refractivity contribution in [3.63, 3.8) is 0 Å². The molecule has 0 heterocycles. The highest BCUT2D eigenvalue weighted by Gasteiger charge is 2.36. The van der Waals surface area contributed by atoms with Gasteiger partial charge in [-0.15, -0.1) is 0 Å². The highest BCUT2D eigenvalue weighted by atomic mass is 16.6. The van der Waals surface area contributed by atoms with Crippen LogP contribution in [0, 0.1) is 11.8 Å². The van der Waals surface area contributed by atoms with Crippen LogP contribution in [0.5, 0.6) is 0 Å². The molecule has 8 nitrogen and oxygen atoms in total. The summed E-state index contributed by atoms with van der Waals surface area (Å²) in [6.07, 6.45) is -0.122. The number of carbonyl (C=O) groups excluding carboxylic acids is 2. The fraction of sp³-hybridized carbons (Fsp3) is 0.500. The predicted octanol–water partition coefficient (Wildman–Crippen LogP) is 5.40. The molecule has 2 aromatic rings. The summed E-state index contributed by atoms with van der Waals surface area (Å²) >= 11 is 0. The lowest BCUT2D eigenvalue weighted by atomic mass is 10.1. The first-order valence-corrected chi connectivity index (χ1v) is 13.7. The molecular formula is C32H40N2O6. The number of hydrogen-bond acceptors (Lipinski definition) is 6. The number of carbonyl (C=O) groups is 2. The maximum atomic E-state index is 12.5. The van der Waals surface area contributed by atoms with Crippen molar-refractivity contribution in [1.82, 2.24) is 10.6 Å². The molecule has 4 rings (SSSR count). The Balaban J connectivity index is 1.31. The smallest absolute Gasteiger partial charge is 0.408 e. The third-order valence-electron chi connectivity index (χ3n) is 6.57. The van der Waals surface area contributed by atoms with E-state index >= 15 is 0 Å². The van der Waals surface area contributed by atoms with Crippen LogP contribution in [0.4, 0.5) is 9.59 Å². The van der Waals surface area contributed by atoms with Crippen LogP contribution < -0.4 is 10.6 Å². The molecule has 8 heteroatoms. The van der Waals surface area contributed by atoms with E-state index in [4.69, 9.17) is 18.9 Å². The summed E-state index contributed by atoms with van der Waals surface area (Å²) in [7, 11) is 0. The molecule has 0 aliphatic heterocycles. The van der Waals surface area contributed by atoms with Crippen LogP contribution in [-0.2, 0) is 31.8 Å². The van der Waals surface area contributed by atoms with Crippen LogP contribution in [-0.4, -0.2) is 48.8 Å². The van der Waals surface area contributed by atoms with E-state index in [1.807, 2.05) is 90.1 Å². The Hall–Kier alpha value is -3.54. The van der Waals surface area contributed by atoms with Crippen LogP contribution in [0.1, 0.15) is 75.9 Å². The van der Waals surface area contributed by atoms with E-state index < -0.39 is 23.4 Å². The van der Waals surface area contributed by atoms with E-state index in [1.165, 1.54) is 0 Å². The van der Waals surface area contributed by atoms with Crippen LogP contribution in [0.15, 0.2) is 48.5 Å². The Morgan fingerprint density at radius 3 is 1.45 bits per heavy atom. The number of alkyl carbamates (subject to hydrolysis) is 2. The molecule has 0 saturated heterocycles. The fourth-order valence-electron chi connectivity index (χ4n) is 5.04. The molecule has 0 unspecified atom stereocenters. The molecule has 0 spiro atoms. The number of nitrogens with one attached hydrogen (secondary N) is 2. The number of benzene rings is 2. The number of amides is 2. The summed E-state index contributed by atoms with van der Waals surface area (Å²) in [4.78, 5) is 25.0. The largest absolute Gasteiger partial charge is 0.444 e. The van der Waals surface area contributed by atoms with Crippen LogP contribution in [0.3, 0.4) is 0 Å². The molecule has 214 valence electrons. The summed E-state index contributed by atoms with van der Waals surface area (Å²) in [6.45, 7) is 11.4. The van der Waals surface area contributed by atoms with Gasteiger partial charge in [0.1, 0.15) is 24.4 Å². The average Bonchev–Trinajstić information content (AvgIpc) is 3.37. The summed E-state index contributed by atoms with van der Waals surface area (Å²) in [5.74, 6) is 6.06. The van der Waals surface area contributed by atoms with E-state index in [0.29, 0.717) is 12.8 Å². The van der Waals surface area contributed by atoms with Gasteiger partial charge in [-0.1, -0.05) is 60.4 Å². The van der Waals surface area contributed by atoms with Gasteiger partial charge in [-0.2, -0.15) is 0 Å². The number of fused-ring (bicyclic) bond motifs is 2. The zero-order valence-electron chi connectivity index (χ0n) is 24.2. The maximum absolute atomic E-state index is 12.5. The normalized spacial score (nSPS) is 21.4. The average molecular weight is 549 g/mol. The van der Waals surface area contributed by atoms with Gasteiger partial charge in [0.05, 0.1) is 24.3 Å². The minimum Gasteiger partial charge on any atom is -0.444 e. The first-order valence-electron chi connectivity index (χ1n) is 13.7. The van der Waals surface area contributed by atoms with Crippen LogP contribution in [0.25, 0.3) is 0 Å². The summed E-state index contributed by atoms with van der Waals surface area (Å²) in [5, 5.41) is 5.94. The van der Waals surface area contributed by atoms with Crippen molar-refractivity contribution in [3.8, 4) is 11.8 Å². The van der Waals surface area contributed by atoms with E-state index in [9.17, 15) is 9.59 Å². The molecule has 4 atom stereocenters. The van der Waals surface area contributed by atoms with Crippen molar-refractivity contribution in [3.05, 3.63) is 70.8 Å². The Labute approximate surface area is 237 Å². The van der Waals surface area contributed by atoms with Crippen LogP contribution in [0.2, 0.25) is 0 Å². The van der Waals surface area contributed by atoms with Gasteiger partial charge >= 0.3 is 12.2 Å². The van der Waals surface area contributed by atoms with Crippen LogP contribution >= 0.6 is 0 Å². The molecule has 0 fully saturated rings. The Morgan fingerprint density at radius 1 is 0.700 bits per heavy atom. The van der Waals surface area contributed by atoms with Crippen molar-refractivity contribution in [2.45, 2.75) is 89.9 Å². The molecule has 2 N–H and O–H groups in total. The second kappa shape index (κ2) is 12.3. The molecule has 40 heavy (non-hydrogen) atoms. The molecule has 2 amide bonds. The van der Waals surface area contributed by atoms with Gasteiger partial charge in [-0.25, -0.2) is 9.59 Å². The van der Waals surface area contributed by atoms with Crippen molar-refractivity contribution < 1.29 is 28.5 Å². The Morgan fingerprint density at radius 2 is 1.07 bits per heavy atom. The lowest BCUT2D eigenvalue weighted by Gasteiger charge is -2.25. The lowest BCUT2D eigenvalue weighted by molar-refractivity contribution is 0.0286. The predicted molar refractivity (Wildman–Crippen MR) is 152 cm³/mol. The van der Waals surface area contributed by atoms with Crippen molar-refractivity contribution in [2.75, 3.05) is 13.2 Å². The first-order chi connectivity index (χ1) is 18.9. The van der Waals surface area contributed by atoms with E-state index in [1.54, 1.807) is 0 Å². The minimum absolute atomic E-state index is 0.193. The Bertz CT molecular complexity index is 1170. The van der Waals surface area contributed by atoms with E-state index in [0.717, 1.165) is 22.3 Å². The molecule has 0 aromatic heterocycles. The maximum Gasteiger partial charge on any atom is 0.408 e. The number of hydrogen-bond donors (Lipinski definition) is 2. The molecular weight excluding hydrogens is 508 g/mol. The van der Waals surface area contributed by atoms with Crippen molar-refractivity contribution in [2.24, 2.45) is 0 Å². The second-order valence-electron chi connectivity index (χ2n) is 12.1. The zero-order valence-corrected chi connectivity index (χ0v) is 24.2. The first kappa shape index (κ1) is 29.4. The van der Waals surface area contributed by atoms with Gasteiger partial charge in [-0.05, 0) is 63.8 Å². The van der Waals surface area contributed by atoms with E-state index in [2.05, 4.69) is 22.5 Å². The standard InChI is InChI=1S/C32H40N2O6/c1-31(2,3)39-29(35)33-27-23-15-9-7-13-21(23)19-25(27)37-17-11-12-18-38-26-20-22-14-8-10-16-24(22)28(26)34-30(36)40-32(4,5)6/h7-10,13-16,25-28H,17-20H2,1-6H3,(H,33,35)(H,34,36)/t25-,26-,27+,28+/m1/s1. The topological polar surface area (TPSA) is 95.1 Å². The summed E-state index contributed by atoms with van der Waals surface area (Å²) in [6, 6.07) is 15.3. The van der Waals surface area contributed by atoms with Gasteiger partial charge in [0, 0.05) is 12.8 Å². The van der Waals surface area contributed by atoms with E-state index in [-0.39, 0.29) is 37.5 Å². The molecule has 0 bridgehead atoms.